The van der Waals surface area contributed by atoms with E-state index in [9.17, 15) is 94.9 Å². The molecule has 3 aromatic heterocycles. The Labute approximate surface area is 683 Å². The molecule has 3 aliphatic carbocycles. The van der Waals surface area contributed by atoms with E-state index in [4.69, 9.17) is 25.7 Å². The number of fused-ring (bicyclic) bond motifs is 3. The van der Waals surface area contributed by atoms with Gasteiger partial charge in [-0.05, 0) is 193 Å². The molecule has 6 aromatic carbocycles. The van der Waals surface area contributed by atoms with Crippen molar-refractivity contribution in [2.45, 2.75) is 165 Å². The number of nitrogens with one attached hydrogen (secondary N) is 3. The molecule has 0 radical (unpaired) electrons. The number of aryl methyl sites for hydroxylation is 3. The highest BCUT2D eigenvalue weighted by molar-refractivity contribution is 6.62. The highest BCUT2D eigenvalue weighted by Gasteiger charge is 2.57. The molecule has 636 valence electrons. The van der Waals surface area contributed by atoms with Crippen molar-refractivity contribution in [3.8, 4) is 57.0 Å². The number of carbonyl (C=O) groups excluding carboxylic acids is 6. The van der Waals surface area contributed by atoms with Gasteiger partial charge in [-0.2, -0.15) is 39.5 Å². The van der Waals surface area contributed by atoms with Gasteiger partial charge in [-0.25, -0.2) is 15.0 Å². The van der Waals surface area contributed by atoms with Crippen LogP contribution in [0.1, 0.15) is 139 Å². The highest BCUT2D eigenvalue weighted by atomic mass is 35.5. The summed E-state index contributed by atoms with van der Waals surface area (Å²) >= 11 is 5.97. The maximum atomic E-state index is 13.4. The molecule has 4 N–H and O–H groups in total. The second kappa shape index (κ2) is 32.6. The van der Waals surface area contributed by atoms with E-state index in [2.05, 4.69) is 59.3 Å². The van der Waals surface area contributed by atoms with Crippen molar-refractivity contribution in [3.63, 3.8) is 0 Å². The van der Waals surface area contributed by atoms with Crippen LogP contribution in [0.15, 0.2) is 164 Å². The van der Waals surface area contributed by atoms with Crippen LogP contribution in [0.3, 0.4) is 0 Å². The zero-order chi connectivity index (χ0) is 88.3. The van der Waals surface area contributed by atoms with Crippen molar-refractivity contribution in [2.24, 2.45) is 0 Å². The summed E-state index contributed by atoms with van der Waals surface area (Å²) in [5, 5.41) is 18.0. The van der Waals surface area contributed by atoms with Crippen molar-refractivity contribution >= 4 is 77.2 Å². The number of amides is 3. The van der Waals surface area contributed by atoms with Crippen molar-refractivity contribution in [2.75, 3.05) is 16.0 Å². The maximum absolute atomic E-state index is 13.4. The van der Waals surface area contributed by atoms with E-state index in [1.807, 2.05) is 58.9 Å². The molecule has 9 aromatic rings. The number of pyridine rings is 3. The first-order valence-corrected chi connectivity index (χ1v) is 37.0. The molecule has 21 nitrogen and oxygen atoms in total. The number of hydrogen-bond donors (Lipinski definition) is 4. The number of anilines is 3. The molecular formula is C83H69BClF15N6O15. The Balaban J connectivity index is 0.000000148. The van der Waals surface area contributed by atoms with Crippen LogP contribution in [0.25, 0.3) is 22.5 Å². The lowest BCUT2D eigenvalue weighted by atomic mass is 9.79. The monoisotopic (exact) mass is 1720 g/mol. The van der Waals surface area contributed by atoms with Gasteiger partial charge in [0.05, 0.1) is 38.8 Å². The van der Waals surface area contributed by atoms with E-state index >= 15 is 0 Å². The number of nitrogens with zero attached hydrogens (tertiary/aromatic N) is 3. The summed E-state index contributed by atoms with van der Waals surface area (Å²) in [5.41, 5.74) is 3.15. The van der Waals surface area contributed by atoms with E-state index in [0.717, 1.165) is 28.7 Å². The molecule has 0 bridgehead atoms. The van der Waals surface area contributed by atoms with E-state index in [1.54, 1.807) is 69.3 Å². The molecule has 1 atom stereocenters. The minimum atomic E-state index is -4.97. The zero-order valence-corrected chi connectivity index (χ0v) is 65.4. The fourth-order valence-electron chi connectivity index (χ4n) is 12.9. The number of hydrogen-bond acceptors (Lipinski definition) is 18. The van der Waals surface area contributed by atoms with Crippen molar-refractivity contribution in [1.29, 1.82) is 0 Å². The predicted molar refractivity (Wildman–Crippen MR) is 405 cm³/mol. The quantitative estimate of drug-likeness (QED) is 0.0244. The summed E-state index contributed by atoms with van der Waals surface area (Å²) in [6.45, 7) is 15.0. The number of aliphatic hydroxyl groups excluding tert-OH is 1. The third-order valence-corrected chi connectivity index (χ3v) is 21.2. The third-order valence-electron chi connectivity index (χ3n) is 20.8. The van der Waals surface area contributed by atoms with Gasteiger partial charge in [-0.1, -0.05) is 121 Å². The van der Waals surface area contributed by atoms with E-state index in [-0.39, 0.29) is 93.5 Å². The zero-order valence-electron chi connectivity index (χ0n) is 64.6. The van der Waals surface area contributed by atoms with Crippen molar-refractivity contribution in [1.82, 2.24) is 15.0 Å². The number of ketones is 2. The standard InChI is InChI=1S/C25H19F5N2O4.C25H17F5N2O4.C17H13ClF2N2O3.C14H19BO3.C2HF3O/c2*1-13-2-9-19(31-20(13)14-3-5-15(6-4-14)21(33)24(26,27)28)32-22(34)23(10-11-23)16-7-8-17-18(12-16)36-25(29,30)35-17;1-9-2-5-13(21-14(9)18)22-15(23)16(6-7-16)10-3-4-11-12(8-10)25-17(19,20)24-11;1-10(16)11-6-8-12(9-7-11)15-17-13(2,3)14(4,5)18-15;3-2(4,5)1-6/h2-9,12,21,33H,10-11H2,1H3,(H,31,32,34);2-9,12H,10-11H2,1H3,(H,31,32,34);2-5,8H,6-7H2,1H3,(H,21,22,23);6-9H,1-5H3;1H. The molecule has 4 aliphatic heterocycles. The molecule has 0 spiro atoms. The summed E-state index contributed by atoms with van der Waals surface area (Å²) in [7, 11) is -0.365. The van der Waals surface area contributed by atoms with E-state index < -0.39 is 77.4 Å². The average Bonchev–Trinajstić information content (AvgIpc) is 1.59. The summed E-state index contributed by atoms with van der Waals surface area (Å²) in [5.74, 6) is -2.77. The summed E-state index contributed by atoms with van der Waals surface area (Å²) in [6.07, 6.45) is -26.1. The Morgan fingerprint density at radius 1 is 0.455 bits per heavy atom. The van der Waals surface area contributed by atoms with Crippen LogP contribution in [0, 0.1) is 20.8 Å². The van der Waals surface area contributed by atoms with Gasteiger partial charge in [0.1, 0.15) is 22.6 Å². The van der Waals surface area contributed by atoms with Crippen LogP contribution < -0.4 is 49.8 Å². The Hall–Kier alpha value is -11.8. The average molecular weight is 1720 g/mol. The lowest BCUT2D eigenvalue weighted by molar-refractivity contribution is -0.287. The lowest BCUT2D eigenvalue weighted by Crippen LogP contribution is -2.41. The smallest absolute Gasteiger partial charge is 0.399 e. The number of aldehydes is 1. The van der Waals surface area contributed by atoms with E-state index in [1.165, 1.54) is 78.9 Å². The van der Waals surface area contributed by atoms with Gasteiger partial charge < -0.3 is 58.8 Å². The number of halogens is 16. The summed E-state index contributed by atoms with van der Waals surface area (Å²) in [6, 6.07) is 40.3. The normalized spacial score (nSPS) is 17.9. The van der Waals surface area contributed by atoms with Gasteiger partial charge in [0, 0.05) is 22.3 Å². The molecule has 38 heteroatoms. The largest absolute Gasteiger partial charge is 0.586 e. The Morgan fingerprint density at radius 2 is 0.777 bits per heavy atom. The van der Waals surface area contributed by atoms with Gasteiger partial charge in [0.2, 0.25) is 24.0 Å². The Morgan fingerprint density at radius 3 is 1.09 bits per heavy atom. The fourth-order valence-corrected chi connectivity index (χ4v) is 13.1. The second-order valence-electron chi connectivity index (χ2n) is 30.0. The van der Waals surface area contributed by atoms with Crippen LogP contribution in [0.4, 0.5) is 83.3 Å². The van der Waals surface area contributed by atoms with Crippen LogP contribution >= 0.6 is 11.6 Å². The number of benzene rings is 6. The topological polar surface area (TPSA) is 271 Å². The van der Waals surface area contributed by atoms with Gasteiger partial charge >= 0.3 is 44.5 Å². The molecule has 3 saturated carbocycles. The first-order valence-electron chi connectivity index (χ1n) is 36.6. The van der Waals surface area contributed by atoms with Crippen molar-refractivity contribution in [3.05, 3.63) is 219 Å². The summed E-state index contributed by atoms with van der Waals surface area (Å²) < 4.78 is 226. The molecule has 7 aliphatic rings. The minimum absolute atomic E-state index is 0.0445. The Bertz CT molecular complexity index is 5500. The van der Waals surface area contributed by atoms with Gasteiger partial charge in [-0.3, -0.25) is 28.8 Å². The number of carbonyl (C=O) groups is 6. The second-order valence-corrected chi connectivity index (χ2v) is 30.4. The number of alkyl halides is 15. The van der Waals surface area contributed by atoms with Crippen LogP contribution in [-0.2, 0) is 44.7 Å². The predicted octanol–water partition coefficient (Wildman–Crippen LogP) is 18.4. The minimum Gasteiger partial charge on any atom is -0.399 e. The molecule has 121 heavy (non-hydrogen) atoms. The maximum Gasteiger partial charge on any atom is 0.586 e. The number of aromatic nitrogens is 3. The molecule has 1 saturated heterocycles. The number of Topliss-reactive ketones (excluding diaryl/α,β-unsaturated/α-hetero) is 2. The SMILES string of the molecule is CC(=O)c1ccc(B2OC(C)(C)C(C)(C)O2)cc1.Cc1ccc(NC(=O)C2(c3ccc4c(c3)OC(F)(F)O4)CC2)nc1-c1ccc(C(=O)C(F)(F)F)cc1.Cc1ccc(NC(=O)C2(c3ccc4c(c3)OC(F)(F)O4)CC2)nc1-c1ccc(C(O)C(F)(F)F)cc1.Cc1ccc(NC(=O)C2(c3ccc4c(c3)OC(F)(F)O4)CC2)nc1Cl.O=CC(F)(F)F. The van der Waals surface area contributed by atoms with E-state index in [0.29, 0.717) is 99.8 Å². The lowest BCUT2D eigenvalue weighted by Gasteiger charge is -2.32. The molecular weight excluding hydrogens is 1650 g/mol. The molecule has 1 unspecified atom stereocenters. The van der Waals surface area contributed by atoms with Gasteiger partial charge in [-0.15, -0.1) is 26.3 Å². The first-order chi connectivity index (χ1) is 56.3. The molecule has 16 rings (SSSR count). The molecule has 4 fully saturated rings. The van der Waals surface area contributed by atoms with Crippen LogP contribution in [-0.4, -0.2) is 111 Å². The van der Waals surface area contributed by atoms with Crippen molar-refractivity contribution < 1.29 is 137 Å². The van der Waals surface area contributed by atoms with Crippen LogP contribution in [0.5, 0.6) is 34.5 Å². The first kappa shape index (κ1) is 88.5. The molecule has 7 heterocycles. The molecule has 3 amide bonds. The third kappa shape index (κ3) is 20.0. The van der Waals surface area contributed by atoms with Gasteiger partial charge in [0.15, 0.2) is 46.4 Å². The number of rotatable bonds is 15. The number of ether oxygens (including phenoxy) is 6. The highest BCUT2D eigenvalue weighted by Crippen LogP contribution is 2.56. The van der Waals surface area contributed by atoms with Crippen LogP contribution in [0.2, 0.25) is 5.15 Å². The summed E-state index contributed by atoms with van der Waals surface area (Å²) in [4.78, 5) is 83.4. The Kier molecular flexibility index (Phi) is 23.8. The van der Waals surface area contributed by atoms with Gasteiger partial charge in [0.25, 0.3) is 5.78 Å². The number of aliphatic hydroxyl groups is 1. The fraction of sp³-hybridized carbons (Fsp3) is 0.313.